The van der Waals surface area contributed by atoms with Crippen LogP contribution in [-0.2, 0) is 35.1 Å². The van der Waals surface area contributed by atoms with Gasteiger partial charge in [-0.25, -0.2) is 14.2 Å². The normalized spacial score (nSPS) is 19.6. The van der Waals surface area contributed by atoms with Crippen molar-refractivity contribution in [2.75, 3.05) is 47.9 Å². The van der Waals surface area contributed by atoms with Gasteiger partial charge < -0.3 is 39.9 Å². The van der Waals surface area contributed by atoms with Gasteiger partial charge in [0.15, 0.2) is 0 Å². The van der Waals surface area contributed by atoms with Gasteiger partial charge in [-0.2, -0.15) is 4.68 Å². The lowest BCUT2D eigenvalue weighted by atomic mass is 9.71. The number of carbonyl (C=O) groups is 6. The first-order chi connectivity index (χ1) is 31.8. The van der Waals surface area contributed by atoms with Crippen molar-refractivity contribution in [3.05, 3.63) is 89.3 Å². The minimum Gasteiger partial charge on any atom is -0.455 e. The third-order valence-electron chi connectivity index (χ3n) is 11.9. The van der Waals surface area contributed by atoms with E-state index in [2.05, 4.69) is 26.2 Å². The van der Waals surface area contributed by atoms with Crippen LogP contribution in [0.2, 0.25) is 5.02 Å². The van der Waals surface area contributed by atoms with Crippen LogP contribution in [-0.4, -0.2) is 127 Å². The Balaban J connectivity index is 1.09. The Morgan fingerprint density at radius 3 is 2.27 bits per heavy atom. The molecule has 19 nitrogen and oxygen atoms in total. The van der Waals surface area contributed by atoms with Crippen molar-refractivity contribution in [2.24, 2.45) is 11.8 Å². The summed E-state index contributed by atoms with van der Waals surface area (Å²) >= 11 is 6.38. The molecule has 3 fully saturated rings. The molecule has 8 rings (SSSR count). The molecule has 3 aliphatic rings. The Kier molecular flexibility index (Phi) is 12.9. The molecule has 0 bridgehead atoms. The molecule has 3 N–H and O–H groups in total. The quantitative estimate of drug-likeness (QED) is 0.120. The second-order valence-corrected chi connectivity index (χ2v) is 19.5. The summed E-state index contributed by atoms with van der Waals surface area (Å²) in [4.78, 5) is 88.0. The number of piperazine rings is 2. The van der Waals surface area contributed by atoms with Gasteiger partial charge in [-0.3, -0.25) is 19.2 Å². The van der Waals surface area contributed by atoms with E-state index in [1.807, 2.05) is 0 Å². The highest BCUT2D eigenvalue weighted by Gasteiger charge is 2.43. The Labute approximate surface area is 391 Å². The molecule has 0 spiro atoms. The number of aliphatic hydroxyl groups excluding tert-OH is 1. The predicted molar refractivity (Wildman–Crippen MR) is 247 cm³/mol. The van der Waals surface area contributed by atoms with Crippen LogP contribution in [0.1, 0.15) is 70.4 Å². The first kappa shape index (κ1) is 46.8. The number of esters is 1. The molecule has 2 aromatic heterocycles. The number of nitrogens with one attached hydrogen (secondary N) is 2. The van der Waals surface area contributed by atoms with Crippen molar-refractivity contribution in [2.45, 2.75) is 84.1 Å². The van der Waals surface area contributed by atoms with Gasteiger partial charge >= 0.3 is 23.9 Å². The average Bonchev–Trinajstić information content (AvgIpc) is 3.92. The van der Waals surface area contributed by atoms with Crippen LogP contribution in [0, 0.1) is 11.8 Å². The number of hydrogen-bond donors (Lipinski definition) is 3. The molecule has 4 heterocycles. The van der Waals surface area contributed by atoms with Gasteiger partial charge in [0.05, 0.1) is 22.9 Å². The van der Waals surface area contributed by atoms with Crippen molar-refractivity contribution in [1.82, 2.24) is 35.0 Å². The monoisotopic (exact) mass is 936 g/mol. The molecule has 20 heteroatoms. The van der Waals surface area contributed by atoms with Gasteiger partial charge in [0.25, 0.3) is 0 Å². The third-order valence-corrected chi connectivity index (χ3v) is 12.2. The molecule has 1 saturated carbocycles. The zero-order valence-corrected chi connectivity index (χ0v) is 38.8. The lowest BCUT2D eigenvalue weighted by Gasteiger charge is -2.43. The topological polar surface area (TPSA) is 223 Å². The molecule has 2 unspecified atom stereocenters. The van der Waals surface area contributed by atoms with E-state index in [0.29, 0.717) is 51.6 Å². The van der Waals surface area contributed by atoms with E-state index < -0.39 is 47.0 Å². The molecule has 2 atom stereocenters. The van der Waals surface area contributed by atoms with Crippen molar-refractivity contribution >= 4 is 75.3 Å². The van der Waals surface area contributed by atoms with Crippen LogP contribution in [0.5, 0.6) is 0 Å². The SMILES string of the molecule is CC(C)(C)OC(=O)c1cc2cc(NC(=O)C(Cc3ccc(N4CCNC(C5CC(CO)C5)C4=O)cc3)N3CCN(c4cc(Cl)ccc4-n4cnnn4)C(=O)C3=O)ccc2n1C(=O)OC(C)(C)C. The average molecular weight is 937 g/mol. The second-order valence-electron chi connectivity index (χ2n) is 19.0. The van der Waals surface area contributed by atoms with Gasteiger partial charge in [0.1, 0.15) is 29.3 Å². The number of rotatable bonds is 11. The second kappa shape index (κ2) is 18.5. The van der Waals surface area contributed by atoms with Crippen molar-refractivity contribution in [1.29, 1.82) is 0 Å². The number of aliphatic hydroxyl groups is 1. The molecule has 5 aromatic rings. The number of anilines is 3. The minimum atomic E-state index is -1.22. The molecule has 2 aliphatic heterocycles. The summed E-state index contributed by atoms with van der Waals surface area (Å²) in [6.45, 7) is 11.4. The molecular weight excluding hydrogens is 884 g/mol. The van der Waals surface area contributed by atoms with E-state index in [0.717, 1.165) is 17.4 Å². The minimum absolute atomic E-state index is 0.00728. The predicted octanol–water partition coefficient (Wildman–Crippen LogP) is 4.76. The molecule has 1 aliphatic carbocycles. The number of halogens is 1. The standard InChI is InChI=1S/C47H53ClN10O9/c1-46(2,3)66-44(64)38-23-29-22-32(10-14-34(29)58(38)45(65)67-47(4,5)6)51-40(60)37(21-27-7-11-33(12-8-27)54-16-15-49-39(41(54)61)30-19-28(20-30)25-59)56-18-17-55(42(62)43(56)63)36-24-31(48)9-13-35(36)57-26-50-52-53-57/h7-14,22-24,26,28,30,37,39,49,59H,15-21,25H2,1-6H3,(H,51,60). The Morgan fingerprint density at radius 1 is 0.866 bits per heavy atom. The molecule has 67 heavy (non-hydrogen) atoms. The summed E-state index contributed by atoms with van der Waals surface area (Å²) in [5.41, 5.74) is 0.788. The van der Waals surface area contributed by atoms with Crippen LogP contribution in [0.3, 0.4) is 0 Å². The van der Waals surface area contributed by atoms with Crippen LogP contribution < -0.4 is 20.4 Å². The molecule has 4 amide bonds. The van der Waals surface area contributed by atoms with Crippen molar-refractivity contribution in [3.63, 3.8) is 0 Å². The number of tetrazole rings is 1. The van der Waals surface area contributed by atoms with E-state index in [1.54, 1.807) is 101 Å². The number of fused-ring (bicyclic) bond motifs is 1. The van der Waals surface area contributed by atoms with Gasteiger partial charge in [0, 0.05) is 61.0 Å². The summed E-state index contributed by atoms with van der Waals surface area (Å²) in [5.74, 6) is -2.90. The third kappa shape index (κ3) is 10.0. The van der Waals surface area contributed by atoms with Gasteiger partial charge in [-0.15, -0.1) is 5.10 Å². The molecule has 2 saturated heterocycles. The fraction of sp³-hybridized carbons (Fsp3) is 0.426. The van der Waals surface area contributed by atoms with Crippen LogP contribution in [0.15, 0.2) is 73.1 Å². The van der Waals surface area contributed by atoms with Crippen molar-refractivity contribution in [3.8, 4) is 5.69 Å². The van der Waals surface area contributed by atoms with Crippen LogP contribution >= 0.6 is 11.6 Å². The number of carbonyl (C=O) groups excluding carboxylic acids is 6. The largest absolute Gasteiger partial charge is 0.455 e. The Hall–Kier alpha value is -6.70. The molecule has 3 aromatic carbocycles. The molecule has 0 radical (unpaired) electrons. The first-order valence-corrected chi connectivity index (χ1v) is 22.5. The highest BCUT2D eigenvalue weighted by molar-refractivity contribution is 6.41. The van der Waals surface area contributed by atoms with E-state index in [9.17, 15) is 33.9 Å². The summed E-state index contributed by atoms with van der Waals surface area (Å²) < 4.78 is 13.8. The highest BCUT2D eigenvalue weighted by atomic mass is 35.5. The van der Waals surface area contributed by atoms with E-state index in [-0.39, 0.29) is 61.3 Å². The van der Waals surface area contributed by atoms with E-state index in [1.165, 1.54) is 32.9 Å². The van der Waals surface area contributed by atoms with Gasteiger partial charge in [-0.1, -0.05) is 23.7 Å². The zero-order chi connectivity index (χ0) is 47.9. The zero-order valence-electron chi connectivity index (χ0n) is 38.1. The van der Waals surface area contributed by atoms with Crippen LogP contribution in [0.4, 0.5) is 21.9 Å². The summed E-state index contributed by atoms with van der Waals surface area (Å²) in [5, 5.41) is 27.9. The van der Waals surface area contributed by atoms with Gasteiger partial charge in [-0.05, 0) is 137 Å². The highest BCUT2D eigenvalue weighted by Crippen LogP contribution is 2.38. The summed E-state index contributed by atoms with van der Waals surface area (Å²) in [6, 6.07) is 16.6. The summed E-state index contributed by atoms with van der Waals surface area (Å²) in [7, 11) is 0. The maximum absolute atomic E-state index is 14.6. The van der Waals surface area contributed by atoms with E-state index in [4.69, 9.17) is 21.1 Å². The maximum Gasteiger partial charge on any atom is 0.419 e. The molecular formula is C47H53ClN10O9. The Morgan fingerprint density at radius 2 is 1.60 bits per heavy atom. The number of nitrogens with zero attached hydrogens (tertiary/aromatic N) is 8. The van der Waals surface area contributed by atoms with Crippen molar-refractivity contribution < 1.29 is 43.3 Å². The fourth-order valence-electron chi connectivity index (χ4n) is 8.77. The lowest BCUT2D eigenvalue weighted by molar-refractivity contribution is -0.149. The fourth-order valence-corrected chi connectivity index (χ4v) is 8.93. The molecule has 352 valence electrons. The van der Waals surface area contributed by atoms with E-state index >= 15 is 0 Å². The maximum atomic E-state index is 14.6. The first-order valence-electron chi connectivity index (χ1n) is 22.1. The Bertz CT molecular complexity index is 2720. The number of aromatic nitrogens is 5. The number of benzene rings is 3. The number of amides is 4. The van der Waals surface area contributed by atoms with Gasteiger partial charge in [0.2, 0.25) is 11.8 Å². The lowest BCUT2D eigenvalue weighted by Crippen LogP contribution is -2.60. The smallest absolute Gasteiger partial charge is 0.419 e. The van der Waals surface area contributed by atoms with Crippen LogP contribution in [0.25, 0.3) is 16.6 Å². The summed E-state index contributed by atoms with van der Waals surface area (Å²) in [6.07, 6.45) is 2.10. The number of hydrogen-bond acceptors (Lipinski definition) is 13. The number of ether oxygens (including phenoxy) is 2.